The minimum Gasteiger partial charge on any atom is -0.426 e. The molecule has 1 unspecified atom stereocenters. The molecule has 3 heterocycles. The molecule has 3 nitrogen and oxygen atoms in total. The van der Waals surface area contributed by atoms with Crippen LogP contribution in [0.3, 0.4) is 0 Å². The van der Waals surface area contributed by atoms with Crippen molar-refractivity contribution in [3.8, 4) is 10.4 Å². The van der Waals surface area contributed by atoms with Crippen LogP contribution in [0.25, 0.3) is 21.2 Å². The molecule has 0 bridgehead atoms. The first-order valence-corrected chi connectivity index (χ1v) is 10.9. The molecule has 3 aromatic rings. The molecule has 0 N–H and O–H groups in total. The Labute approximate surface area is 165 Å². The SMILES string of the molecule is CC(Br)c1oc(=O)c2ccccc2c1-c1ccc(CN2CCCCC2)s1. The van der Waals surface area contributed by atoms with Crippen molar-refractivity contribution < 1.29 is 4.42 Å². The molecule has 1 atom stereocenters. The summed E-state index contributed by atoms with van der Waals surface area (Å²) in [5.41, 5.74) is 0.773. The molecule has 2 aromatic heterocycles. The smallest absolute Gasteiger partial charge is 0.343 e. The number of hydrogen-bond donors (Lipinski definition) is 0. The second kappa shape index (κ2) is 7.67. The number of likely N-dealkylation sites (tertiary alicyclic amines) is 1. The molecule has 0 amide bonds. The summed E-state index contributed by atoms with van der Waals surface area (Å²) in [5, 5.41) is 1.61. The number of rotatable bonds is 4. The normalized spacial score (nSPS) is 16.8. The topological polar surface area (TPSA) is 33.5 Å². The lowest BCUT2D eigenvalue weighted by Crippen LogP contribution is -2.28. The average Bonchev–Trinajstić information content (AvgIpc) is 3.10. The lowest BCUT2D eigenvalue weighted by molar-refractivity contribution is 0.222. The molecule has 5 heteroatoms. The molecule has 26 heavy (non-hydrogen) atoms. The quantitative estimate of drug-likeness (QED) is 0.477. The lowest BCUT2D eigenvalue weighted by atomic mass is 10.0. The summed E-state index contributed by atoms with van der Waals surface area (Å²) in [7, 11) is 0. The van der Waals surface area contributed by atoms with E-state index in [1.165, 1.54) is 42.1 Å². The van der Waals surface area contributed by atoms with Gasteiger partial charge in [-0.15, -0.1) is 11.3 Å². The number of halogens is 1. The summed E-state index contributed by atoms with van der Waals surface area (Å²) in [6, 6.07) is 12.1. The first-order chi connectivity index (χ1) is 12.6. The molecule has 4 rings (SSSR count). The number of nitrogens with zero attached hydrogens (tertiary/aromatic N) is 1. The number of piperidine rings is 1. The van der Waals surface area contributed by atoms with Crippen LogP contribution < -0.4 is 5.63 Å². The zero-order valence-corrected chi connectivity index (χ0v) is 17.2. The van der Waals surface area contributed by atoms with Gasteiger partial charge in [0.2, 0.25) is 0 Å². The van der Waals surface area contributed by atoms with Crippen LogP contribution in [0.4, 0.5) is 0 Å². The Morgan fingerprint density at radius 2 is 1.85 bits per heavy atom. The van der Waals surface area contributed by atoms with Crippen LogP contribution in [0.2, 0.25) is 0 Å². The highest BCUT2D eigenvalue weighted by Crippen LogP contribution is 2.40. The van der Waals surface area contributed by atoms with E-state index in [0.717, 1.165) is 17.5 Å². The van der Waals surface area contributed by atoms with Gasteiger partial charge in [-0.3, -0.25) is 4.90 Å². The molecular weight excluding hydrogens is 410 g/mol. The van der Waals surface area contributed by atoms with Gasteiger partial charge in [0.1, 0.15) is 5.76 Å². The molecular formula is C21H22BrNO2S. The van der Waals surface area contributed by atoms with Gasteiger partial charge in [0.25, 0.3) is 0 Å². The number of thiophene rings is 1. The Morgan fingerprint density at radius 3 is 2.58 bits per heavy atom. The van der Waals surface area contributed by atoms with E-state index in [1.807, 2.05) is 42.5 Å². The first-order valence-electron chi connectivity index (χ1n) is 9.15. The van der Waals surface area contributed by atoms with Crippen LogP contribution >= 0.6 is 27.3 Å². The summed E-state index contributed by atoms with van der Waals surface area (Å²) in [6.45, 7) is 5.40. The van der Waals surface area contributed by atoms with E-state index >= 15 is 0 Å². The molecule has 0 aliphatic carbocycles. The third-order valence-electron chi connectivity index (χ3n) is 4.96. The Hall–Kier alpha value is -1.43. The van der Waals surface area contributed by atoms with Gasteiger partial charge in [-0.05, 0) is 51.1 Å². The van der Waals surface area contributed by atoms with Gasteiger partial charge >= 0.3 is 5.63 Å². The predicted molar refractivity (Wildman–Crippen MR) is 112 cm³/mol. The second-order valence-electron chi connectivity index (χ2n) is 6.89. The van der Waals surface area contributed by atoms with Crippen molar-refractivity contribution in [3.05, 3.63) is 57.5 Å². The van der Waals surface area contributed by atoms with Crippen LogP contribution in [0, 0.1) is 0 Å². The van der Waals surface area contributed by atoms with E-state index in [0.29, 0.717) is 11.1 Å². The largest absolute Gasteiger partial charge is 0.426 e. The van der Waals surface area contributed by atoms with Crippen molar-refractivity contribution in [2.24, 2.45) is 0 Å². The van der Waals surface area contributed by atoms with Crippen LogP contribution in [0.15, 0.2) is 45.6 Å². The third kappa shape index (κ3) is 3.53. The first kappa shape index (κ1) is 18.0. The minimum atomic E-state index is -0.268. The standard InChI is InChI=1S/C21H22BrNO2S/c1-14(22)20-19(16-7-3-4-8-17(16)21(24)25-20)18-10-9-15(26-18)13-23-11-5-2-6-12-23/h3-4,7-10,14H,2,5-6,11-13H2,1H3. The van der Waals surface area contributed by atoms with Crippen LogP contribution in [0.1, 0.15) is 41.7 Å². The van der Waals surface area contributed by atoms with E-state index in [-0.39, 0.29) is 10.5 Å². The molecule has 1 saturated heterocycles. The molecule has 0 radical (unpaired) electrons. The van der Waals surface area contributed by atoms with Crippen LogP contribution in [-0.2, 0) is 6.54 Å². The highest BCUT2D eigenvalue weighted by Gasteiger charge is 2.20. The molecule has 136 valence electrons. The fraction of sp³-hybridized carbons (Fsp3) is 0.381. The highest BCUT2D eigenvalue weighted by molar-refractivity contribution is 9.09. The maximum atomic E-state index is 12.4. The minimum absolute atomic E-state index is 0.0255. The van der Waals surface area contributed by atoms with Gasteiger partial charge in [-0.1, -0.05) is 40.5 Å². The molecule has 1 aromatic carbocycles. The zero-order chi connectivity index (χ0) is 18.1. The van der Waals surface area contributed by atoms with E-state index in [1.54, 1.807) is 0 Å². The number of fused-ring (bicyclic) bond motifs is 1. The molecule has 0 spiro atoms. The predicted octanol–water partition coefficient (Wildman–Crippen LogP) is 5.96. The van der Waals surface area contributed by atoms with Crippen LogP contribution in [-0.4, -0.2) is 18.0 Å². The zero-order valence-electron chi connectivity index (χ0n) is 14.8. The van der Waals surface area contributed by atoms with Gasteiger partial charge < -0.3 is 4.42 Å². The van der Waals surface area contributed by atoms with Crippen molar-refractivity contribution >= 4 is 38.0 Å². The number of hydrogen-bond acceptors (Lipinski definition) is 4. The van der Waals surface area contributed by atoms with Crippen molar-refractivity contribution in [2.75, 3.05) is 13.1 Å². The Kier molecular flexibility index (Phi) is 5.30. The van der Waals surface area contributed by atoms with Crippen molar-refractivity contribution in [2.45, 2.75) is 37.6 Å². The summed E-state index contributed by atoms with van der Waals surface area (Å²) in [5.74, 6) is 0.708. The van der Waals surface area contributed by atoms with E-state index in [2.05, 4.69) is 33.0 Å². The van der Waals surface area contributed by atoms with E-state index in [9.17, 15) is 4.79 Å². The summed E-state index contributed by atoms with van der Waals surface area (Å²) in [6.07, 6.45) is 3.96. The fourth-order valence-corrected chi connectivity index (χ4v) is 5.12. The van der Waals surface area contributed by atoms with E-state index in [4.69, 9.17) is 4.42 Å². The van der Waals surface area contributed by atoms with Crippen LogP contribution in [0.5, 0.6) is 0 Å². The second-order valence-corrected chi connectivity index (χ2v) is 9.43. The number of alkyl halides is 1. The molecule has 0 saturated carbocycles. The monoisotopic (exact) mass is 431 g/mol. The van der Waals surface area contributed by atoms with Gasteiger partial charge in [-0.2, -0.15) is 0 Å². The van der Waals surface area contributed by atoms with Gasteiger partial charge in [0.15, 0.2) is 0 Å². The summed E-state index contributed by atoms with van der Waals surface area (Å²) < 4.78 is 5.69. The Morgan fingerprint density at radius 1 is 1.12 bits per heavy atom. The van der Waals surface area contributed by atoms with E-state index < -0.39 is 0 Å². The summed E-state index contributed by atoms with van der Waals surface area (Å²) in [4.78, 5) is 17.4. The van der Waals surface area contributed by atoms with Crippen molar-refractivity contribution in [1.82, 2.24) is 4.90 Å². The van der Waals surface area contributed by atoms with Gasteiger partial charge in [0, 0.05) is 27.2 Å². The highest BCUT2D eigenvalue weighted by atomic mass is 79.9. The average molecular weight is 432 g/mol. The van der Waals surface area contributed by atoms with Gasteiger partial charge in [-0.25, -0.2) is 4.79 Å². The third-order valence-corrected chi connectivity index (χ3v) is 6.47. The van der Waals surface area contributed by atoms with Gasteiger partial charge in [0.05, 0.1) is 10.2 Å². The lowest BCUT2D eigenvalue weighted by Gasteiger charge is -2.25. The van der Waals surface area contributed by atoms with Crippen molar-refractivity contribution in [1.29, 1.82) is 0 Å². The molecule has 1 aliphatic heterocycles. The Bertz CT molecular complexity index is 970. The van der Waals surface area contributed by atoms with Crippen molar-refractivity contribution in [3.63, 3.8) is 0 Å². The molecule has 1 aliphatic rings. The number of benzene rings is 1. The fourth-order valence-electron chi connectivity index (χ4n) is 3.69. The molecule has 1 fully saturated rings. The summed E-state index contributed by atoms with van der Waals surface area (Å²) >= 11 is 5.41. The maximum absolute atomic E-state index is 12.4. The Balaban J connectivity index is 1.77. The maximum Gasteiger partial charge on any atom is 0.343 e.